The van der Waals surface area contributed by atoms with Crippen LogP contribution in [0.25, 0.3) is 5.69 Å². The maximum Gasteiger partial charge on any atom is 0.227 e. The predicted molar refractivity (Wildman–Crippen MR) is 83.5 cm³/mol. The molecule has 110 valence electrons. The first-order chi connectivity index (χ1) is 10.2. The van der Waals surface area contributed by atoms with E-state index in [0.29, 0.717) is 0 Å². The lowest BCUT2D eigenvalue weighted by Crippen LogP contribution is -2.24. The largest absolute Gasteiger partial charge is 0.326 e. The Bertz CT molecular complexity index is 609. The second-order valence-electron chi connectivity index (χ2n) is 5.77. The summed E-state index contributed by atoms with van der Waals surface area (Å²) in [5.74, 6) is 0.351. The molecule has 2 aromatic rings. The van der Waals surface area contributed by atoms with Gasteiger partial charge >= 0.3 is 0 Å². The van der Waals surface area contributed by atoms with Crippen LogP contribution in [0.15, 0.2) is 36.5 Å². The highest BCUT2D eigenvalue weighted by Crippen LogP contribution is 2.25. The second kappa shape index (κ2) is 6.12. The van der Waals surface area contributed by atoms with Crippen molar-refractivity contribution in [2.24, 2.45) is 5.92 Å². The molecule has 0 spiro atoms. The molecular formula is C17H21N3O. The zero-order valence-corrected chi connectivity index (χ0v) is 12.4. The number of carbonyl (C=O) groups is 1. The lowest BCUT2D eigenvalue weighted by atomic mass is 9.88. The fourth-order valence-electron chi connectivity index (χ4n) is 2.87. The number of rotatable bonds is 3. The van der Waals surface area contributed by atoms with Gasteiger partial charge in [0.25, 0.3) is 0 Å². The van der Waals surface area contributed by atoms with E-state index in [1.165, 1.54) is 19.3 Å². The molecule has 1 aliphatic carbocycles. The monoisotopic (exact) mass is 283 g/mol. The van der Waals surface area contributed by atoms with Crippen LogP contribution in [0.2, 0.25) is 0 Å². The van der Waals surface area contributed by atoms with Gasteiger partial charge in [-0.3, -0.25) is 4.79 Å². The van der Waals surface area contributed by atoms with E-state index in [0.717, 1.165) is 29.9 Å². The minimum atomic E-state index is 0.164. The van der Waals surface area contributed by atoms with Gasteiger partial charge in [0, 0.05) is 17.8 Å². The number of hydrogen-bond acceptors (Lipinski definition) is 2. The fourth-order valence-corrected chi connectivity index (χ4v) is 2.87. The summed E-state index contributed by atoms with van der Waals surface area (Å²) in [4.78, 5) is 12.2. The van der Waals surface area contributed by atoms with Crippen LogP contribution >= 0.6 is 0 Å². The number of hydrogen-bond donors (Lipinski definition) is 1. The Morgan fingerprint density at radius 3 is 2.48 bits per heavy atom. The van der Waals surface area contributed by atoms with Crippen LogP contribution < -0.4 is 5.32 Å². The van der Waals surface area contributed by atoms with E-state index in [-0.39, 0.29) is 11.8 Å². The topological polar surface area (TPSA) is 46.9 Å². The van der Waals surface area contributed by atoms with Crippen LogP contribution in [0, 0.1) is 12.8 Å². The molecule has 1 aromatic heterocycles. The highest BCUT2D eigenvalue weighted by Gasteiger charge is 2.20. The predicted octanol–water partition coefficient (Wildman–Crippen LogP) is 3.70. The van der Waals surface area contributed by atoms with Crippen molar-refractivity contribution >= 4 is 11.6 Å². The minimum absolute atomic E-state index is 0.164. The average molecular weight is 283 g/mol. The van der Waals surface area contributed by atoms with Gasteiger partial charge in [0.15, 0.2) is 0 Å². The number of anilines is 1. The molecule has 4 heteroatoms. The van der Waals surface area contributed by atoms with Crippen molar-refractivity contribution in [2.75, 3.05) is 5.32 Å². The molecule has 1 aliphatic rings. The minimum Gasteiger partial charge on any atom is -0.326 e. The molecule has 21 heavy (non-hydrogen) atoms. The lowest BCUT2D eigenvalue weighted by Gasteiger charge is -2.20. The van der Waals surface area contributed by atoms with Crippen molar-refractivity contribution in [1.82, 2.24) is 9.78 Å². The van der Waals surface area contributed by atoms with E-state index in [9.17, 15) is 4.79 Å². The van der Waals surface area contributed by atoms with Gasteiger partial charge in [-0.25, -0.2) is 4.68 Å². The number of amides is 1. The molecule has 1 aromatic carbocycles. The normalized spacial score (nSPS) is 15.9. The molecule has 0 bridgehead atoms. The Balaban J connectivity index is 1.65. The Morgan fingerprint density at radius 1 is 1.14 bits per heavy atom. The maximum absolute atomic E-state index is 12.2. The third-order valence-electron chi connectivity index (χ3n) is 4.10. The number of nitrogens with zero attached hydrogens (tertiary/aromatic N) is 2. The van der Waals surface area contributed by atoms with E-state index in [1.54, 1.807) is 0 Å². The SMILES string of the molecule is Cc1ccn(-c2ccc(NC(=O)C3CCCCC3)cc2)n1. The van der Waals surface area contributed by atoms with Crippen LogP contribution in [0.4, 0.5) is 5.69 Å². The van der Waals surface area contributed by atoms with Crippen molar-refractivity contribution in [3.8, 4) is 5.69 Å². The van der Waals surface area contributed by atoms with Crippen molar-refractivity contribution in [3.05, 3.63) is 42.2 Å². The smallest absolute Gasteiger partial charge is 0.227 e. The molecule has 0 radical (unpaired) electrons. The molecule has 1 fully saturated rings. The Kier molecular flexibility index (Phi) is 4.04. The van der Waals surface area contributed by atoms with Crippen LogP contribution in [0.5, 0.6) is 0 Å². The van der Waals surface area contributed by atoms with Gasteiger partial charge in [0.1, 0.15) is 0 Å². The number of carbonyl (C=O) groups excluding carboxylic acids is 1. The lowest BCUT2D eigenvalue weighted by molar-refractivity contribution is -0.120. The van der Waals surface area contributed by atoms with Gasteiger partial charge in [0.2, 0.25) is 5.91 Å². The first kappa shape index (κ1) is 13.9. The number of aryl methyl sites for hydroxylation is 1. The third kappa shape index (κ3) is 3.32. The van der Waals surface area contributed by atoms with Crippen molar-refractivity contribution in [1.29, 1.82) is 0 Å². The molecule has 1 saturated carbocycles. The Hall–Kier alpha value is -2.10. The quantitative estimate of drug-likeness (QED) is 0.933. The maximum atomic E-state index is 12.2. The van der Waals surface area contributed by atoms with Gasteiger partial charge in [-0.2, -0.15) is 5.10 Å². The van der Waals surface area contributed by atoms with E-state index >= 15 is 0 Å². The Morgan fingerprint density at radius 2 is 1.86 bits per heavy atom. The van der Waals surface area contributed by atoms with Crippen LogP contribution in [-0.4, -0.2) is 15.7 Å². The number of aromatic nitrogens is 2. The molecule has 1 N–H and O–H groups in total. The summed E-state index contributed by atoms with van der Waals surface area (Å²) >= 11 is 0. The van der Waals surface area contributed by atoms with E-state index in [2.05, 4.69) is 10.4 Å². The molecule has 1 heterocycles. The van der Waals surface area contributed by atoms with Crippen LogP contribution in [-0.2, 0) is 4.79 Å². The highest BCUT2D eigenvalue weighted by atomic mass is 16.1. The molecule has 4 nitrogen and oxygen atoms in total. The Labute approximate surface area is 125 Å². The zero-order valence-electron chi connectivity index (χ0n) is 12.4. The van der Waals surface area contributed by atoms with Gasteiger partial charge in [-0.05, 0) is 50.1 Å². The average Bonchev–Trinajstić information content (AvgIpc) is 2.95. The first-order valence-corrected chi connectivity index (χ1v) is 7.66. The summed E-state index contributed by atoms with van der Waals surface area (Å²) in [6.45, 7) is 1.97. The second-order valence-corrected chi connectivity index (χ2v) is 5.77. The molecule has 0 aliphatic heterocycles. The van der Waals surface area contributed by atoms with Crippen molar-refractivity contribution in [3.63, 3.8) is 0 Å². The molecule has 3 rings (SSSR count). The van der Waals surface area contributed by atoms with Crippen molar-refractivity contribution in [2.45, 2.75) is 39.0 Å². The van der Waals surface area contributed by atoms with Gasteiger partial charge in [-0.1, -0.05) is 19.3 Å². The molecule has 0 saturated heterocycles. The van der Waals surface area contributed by atoms with Crippen LogP contribution in [0.1, 0.15) is 37.8 Å². The fraction of sp³-hybridized carbons (Fsp3) is 0.412. The number of nitrogens with one attached hydrogen (secondary N) is 1. The number of benzene rings is 1. The summed E-state index contributed by atoms with van der Waals surface area (Å²) in [7, 11) is 0. The molecule has 1 amide bonds. The summed E-state index contributed by atoms with van der Waals surface area (Å²) < 4.78 is 1.84. The van der Waals surface area contributed by atoms with Crippen molar-refractivity contribution < 1.29 is 4.79 Å². The summed E-state index contributed by atoms with van der Waals surface area (Å²) in [5.41, 5.74) is 2.85. The summed E-state index contributed by atoms with van der Waals surface area (Å²) in [5, 5.41) is 7.40. The van der Waals surface area contributed by atoms with E-state index < -0.39 is 0 Å². The third-order valence-corrected chi connectivity index (χ3v) is 4.10. The van der Waals surface area contributed by atoms with E-state index in [4.69, 9.17) is 0 Å². The van der Waals surface area contributed by atoms with E-state index in [1.807, 2.05) is 48.1 Å². The van der Waals surface area contributed by atoms with Gasteiger partial charge in [0.05, 0.1) is 11.4 Å². The summed E-state index contributed by atoms with van der Waals surface area (Å²) in [6, 6.07) is 9.80. The molecule has 0 atom stereocenters. The van der Waals surface area contributed by atoms with Gasteiger partial charge < -0.3 is 5.32 Å². The standard InChI is InChI=1S/C17H21N3O/c1-13-11-12-20(19-13)16-9-7-15(8-10-16)18-17(21)14-5-3-2-4-6-14/h7-12,14H,2-6H2,1H3,(H,18,21). The first-order valence-electron chi connectivity index (χ1n) is 7.66. The van der Waals surface area contributed by atoms with Crippen LogP contribution in [0.3, 0.4) is 0 Å². The highest BCUT2D eigenvalue weighted by molar-refractivity contribution is 5.92. The zero-order chi connectivity index (χ0) is 14.7. The summed E-state index contributed by atoms with van der Waals surface area (Å²) in [6.07, 6.45) is 7.60. The van der Waals surface area contributed by atoms with Gasteiger partial charge in [-0.15, -0.1) is 0 Å². The molecular weight excluding hydrogens is 262 g/mol. The molecule has 0 unspecified atom stereocenters.